The Bertz CT molecular complexity index is 1220. The van der Waals surface area contributed by atoms with Crippen LogP contribution < -0.4 is 19.5 Å². The molecule has 36 heavy (non-hydrogen) atoms. The van der Waals surface area contributed by atoms with Crippen LogP contribution in [0.4, 0.5) is 18.2 Å². The quantitative estimate of drug-likeness (QED) is 0.343. The molecule has 1 amide bonds. The maximum Gasteiger partial charge on any atom is 0.573 e. The lowest BCUT2D eigenvalue weighted by Gasteiger charge is -2.10. The number of ether oxygens (including phenoxy) is 3. The van der Waals surface area contributed by atoms with Gasteiger partial charge < -0.3 is 24.6 Å². The lowest BCUT2D eigenvalue weighted by Crippen LogP contribution is -2.20. The van der Waals surface area contributed by atoms with E-state index in [9.17, 15) is 27.6 Å². The molecule has 2 N–H and O–H groups in total. The van der Waals surface area contributed by atoms with E-state index < -0.39 is 36.4 Å². The summed E-state index contributed by atoms with van der Waals surface area (Å²) in [5.41, 5.74) is 0.330. The van der Waals surface area contributed by atoms with Gasteiger partial charge in [-0.05, 0) is 61.0 Å². The predicted octanol–water partition coefficient (Wildman–Crippen LogP) is 4.92. The van der Waals surface area contributed by atoms with E-state index in [1.165, 1.54) is 47.7 Å². The number of alkyl halides is 3. The summed E-state index contributed by atoms with van der Waals surface area (Å²) in [6.07, 6.45) is -4.24. The van der Waals surface area contributed by atoms with Crippen molar-refractivity contribution in [2.24, 2.45) is 0 Å². The molecule has 0 bridgehead atoms. The molecule has 0 fully saturated rings. The Morgan fingerprint density at radius 2 is 1.47 bits per heavy atom. The van der Waals surface area contributed by atoms with Gasteiger partial charge in [0.2, 0.25) is 0 Å². The summed E-state index contributed by atoms with van der Waals surface area (Å²) in [6.45, 7) is 1.02. The zero-order valence-corrected chi connectivity index (χ0v) is 19.6. The van der Waals surface area contributed by atoms with Crippen LogP contribution in [0.1, 0.15) is 27.7 Å². The molecular weight excluding hydrogens is 503 g/mol. The molecular formula is C24H20F3NO7S. The van der Waals surface area contributed by atoms with Gasteiger partial charge >= 0.3 is 12.3 Å². The van der Waals surface area contributed by atoms with Crippen LogP contribution in [0, 0.1) is 0 Å². The Kier molecular flexibility index (Phi) is 8.54. The number of anilines is 1. The number of aryl methyl sites for hydroxylation is 1. The summed E-state index contributed by atoms with van der Waals surface area (Å²) in [5, 5.41) is 11.6. The van der Waals surface area contributed by atoms with Crippen LogP contribution in [0.15, 0.2) is 54.6 Å². The number of nitrogens with one attached hydrogen (secondary N) is 1. The molecule has 2 aromatic carbocycles. The molecule has 8 nitrogen and oxygen atoms in total. The summed E-state index contributed by atoms with van der Waals surface area (Å²) in [6, 6.07) is 12.1. The van der Waals surface area contributed by atoms with Crippen molar-refractivity contribution in [3.05, 3.63) is 70.6 Å². The molecule has 1 heterocycles. The van der Waals surface area contributed by atoms with Gasteiger partial charge in [0.1, 0.15) is 22.2 Å². The molecule has 0 saturated heterocycles. The number of thiophene rings is 1. The number of carboxylic acid groups (broad SMARTS) is 1. The smallest absolute Gasteiger partial charge is 0.484 e. The molecule has 0 saturated carbocycles. The molecule has 0 aliphatic carbocycles. The SMILES string of the molecule is CCc1cc(C(=O)c2ccc(OC(F)(F)F)cc2)c(NC(=O)COc2ccc(OCC(=O)O)cc2)s1. The number of halogens is 3. The number of hydrogen-bond donors (Lipinski definition) is 2. The third-order valence-corrected chi connectivity index (χ3v) is 5.73. The van der Waals surface area contributed by atoms with E-state index in [0.29, 0.717) is 22.9 Å². The minimum Gasteiger partial charge on any atom is -0.484 e. The second-order valence-corrected chi connectivity index (χ2v) is 8.34. The normalized spacial score (nSPS) is 11.0. The summed E-state index contributed by atoms with van der Waals surface area (Å²) >= 11 is 1.21. The Morgan fingerprint density at radius 1 is 0.917 bits per heavy atom. The van der Waals surface area contributed by atoms with Crippen molar-refractivity contribution in [1.29, 1.82) is 0 Å². The zero-order chi connectivity index (χ0) is 26.3. The van der Waals surface area contributed by atoms with E-state index in [0.717, 1.165) is 17.0 Å². The Labute approximate surface area is 207 Å². The van der Waals surface area contributed by atoms with Crippen molar-refractivity contribution in [3.63, 3.8) is 0 Å². The van der Waals surface area contributed by atoms with Crippen LogP contribution >= 0.6 is 11.3 Å². The van der Waals surface area contributed by atoms with E-state index in [-0.39, 0.29) is 17.7 Å². The van der Waals surface area contributed by atoms with Crippen molar-refractivity contribution >= 4 is 34.0 Å². The van der Waals surface area contributed by atoms with Crippen LogP contribution in [0.5, 0.6) is 17.2 Å². The van der Waals surface area contributed by atoms with Crippen molar-refractivity contribution in [3.8, 4) is 17.2 Å². The average molecular weight is 523 g/mol. The van der Waals surface area contributed by atoms with Crippen molar-refractivity contribution in [2.75, 3.05) is 18.5 Å². The highest BCUT2D eigenvalue weighted by Crippen LogP contribution is 2.31. The molecule has 1 aromatic heterocycles. The van der Waals surface area contributed by atoms with Gasteiger partial charge in [-0.2, -0.15) is 0 Å². The fraction of sp³-hybridized carbons (Fsp3) is 0.208. The second-order valence-electron chi connectivity index (χ2n) is 7.20. The van der Waals surface area contributed by atoms with Gasteiger partial charge in [0.15, 0.2) is 19.0 Å². The van der Waals surface area contributed by atoms with Crippen LogP contribution in [0.3, 0.4) is 0 Å². The first kappa shape index (κ1) is 26.5. The zero-order valence-electron chi connectivity index (χ0n) is 18.8. The number of hydrogen-bond acceptors (Lipinski definition) is 7. The number of aliphatic carboxylic acids is 1. The maximum absolute atomic E-state index is 13.0. The molecule has 12 heteroatoms. The summed E-state index contributed by atoms with van der Waals surface area (Å²) in [5.74, 6) is -1.92. The first-order valence-corrected chi connectivity index (χ1v) is 11.3. The Morgan fingerprint density at radius 3 is 2.00 bits per heavy atom. The predicted molar refractivity (Wildman–Crippen MR) is 124 cm³/mol. The summed E-state index contributed by atoms with van der Waals surface area (Å²) < 4.78 is 51.4. The minimum atomic E-state index is -4.84. The molecule has 0 unspecified atom stereocenters. The van der Waals surface area contributed by atoms with E-state index in [4.69, 9.17) is 14.6 Å². The van der Waals surface area contributed by atoms with Gasteiger partial charge in [-0.15, -0.1) is 24.5 Å². The van der Waals surface area contributed by atoms with Gasteiger partial charge in [0.25, 0.3) is 5.91 Å². The third kappa shape index (κ3) is 7.73. The molecule has 3 rings (SSSR count). The Balaban J connectivity index is 1.64. The maximum atomic E-state index is 13.0. The lowest BCUT2D eigenvalue weighted by molar-refractivity contribution is -0.274. The third-order valence-electron chi connectivity index (χ3n) is 4.54. The molecule has 3 aromatic rings. The first-order chi connectivity index (χ1) is 17.0. The standard InChI is InChI=1S/C24H20F3NO7S/c1-2-18-11-19(22(32)14-3-5-17(6-4-14)35-24(25,26)27)23(36-18)28-20(29)12-33-15-7-9-16(10-8-15)34-13-21(30)31/h3-11H,2,12-13H2,1H3,(H,28,29)(H,30,31). The number of carboxylic acids is 1. The summed E-state index contributed by atoms with van der Waals surface area (Å²) in [4.78, 5) is 36.8. The number of rotatable bonds is 11. The summed E-state index contributed by atoms with van der Waals surface area (Å²) in [7, 11) is 0. The van der Waals surface area contributed by atoms with Crippen molar-refractivity contribution in [1.82, 2.24) is 0 Å². The van der Waals surface area contributed by atoms with Gasteiger partial charge in [-0.1, -0.05) is 6.92 Å². The molecule has 0 radical (unpaired) electrons. The Hall–Kier alpha value is -4.06. The number of carbonyl (C=O) groups is 3. The first-order valence-electron chi connectivity index (χ1n) is 10.4. The average Bonchev–Trinajstić information content (AvgIpc) is 3.23. The number of benzene rings is 2. The molecule has 0 aliphatic rings. The van der Waals surface area contributed by atoms with E-state index >= 15 is 0 Å². The molecule has 0 atom stereocenters. The van der Waals surface area contributed by atoms with Crippen LogP contribution in [0.25, 0.3) is 0 Å². The number of amides is 1. The second kappa shape index (κ2) is 11.6. The number of carbonyl (C=O) groups excluding carboxylic acids is 2. The van der Waals surface area contributed by atoms with E-state index in [2.05, 4.69) is 10.1 Å². The highest BCUT2D eigenvalue weighted by Gasteiger charge is 2.31. The molecule has 190 valence electrons. The van der Waals surface area contributed by atoms with Gasteiger partial charge in [-0.25, -0.2) is 4.79 Å². The van der Waals surface area contributed by atoms with Crippen molar-refractivity contribution in [2.45, 2.75) is 19.7 Å². The highest BCUT2D eigenvalue weighted by atomic mass is 32.1. The topological polar surface area (TPSA) is 111 Å². The van der Waals surface area contributed by atoms with Crippen LogP contribution in [-0.4, -0.2) is 42.3 Å². The van der Waals surface area contributed by atoms with E-state index in [1.54, 1.807) is 6.07 Å². The van der Waals surface area contributed by atoms with E-state index in [1.807, 2.05) is 6.92 Å². The molecule has 0 spiro atoms. The monoisotopic (exact) mass is 523 g/mol. The fourth-order valence-electron chi connectivity index (χ4n) is 2.93. The highest BCUT2D eigenvalue weighted by molar-refractivity contribution is 7.16. The lowest BCUT2D eigenvalue weighted by atomic mass is 10.0. The van der Waals surface area contributed by atoms with Gasteiger partial charge in [-0.3, -0.25) is 9.59 Å². The van der Waals surface area contributed by atoms with Crippen LogP contribution in [0.2, 0.25) is 0 Å². The fourth-order valence-corrected chi connectivity index (χ4v) is 3.94. The van der Waals surface area contributed by atoms with Crippen molar-refractivity contribution < 1.29 is 46.9 Å². The van der Waals surface area contributed by atoms with Gasteiger partial charge in [0, 0.05) is 10.4 Å². The molecule has 0 aliphatic heterocycles. The van der Waals surface area contributed by atoms with Gasteiger partial charge in [0.05, 0.1) is 5.56 Å². The largest absolute Gasteiger partial charge is 0.573 e. The number of ketones is 1. The minimum absolute atomic E-state index is 0.127. The van der Waals surface area contributed by atoms with Crippen LogP contribution in [-0.2, 0) is 16.0 Å².